The Balaban J connectivity index is 1.71. The van der Waals surface area contributed by atoms with E-state index in [0.29, 0.717) is 6.42 Å². The maximum atomic E-state index is 13.5. The van der Waals surface area contributed by atoms with Gasteiger partial charge in [-0.25, -0.2) is 0 Å². The first kappa shape index (κ1) is 21.2. The zero-order chi connectivity index (χ0) is 22.1. The molecule has 3 fully saturated rings. The Bertz CT molecular complexity index is 899. The van der Waals surface area contributed by atoms with Crippen LogP contribution >= 0.6 is 0 Å². The molecule has 0 spiro atoms. The number of ether oxygens (including phenoxy) is 1. The molecule has 0 aromatic rings. The monoisotopic (exact) mass is 414 g/mol. The number of hydrogen-bond donors (Lipinski definition) is 1. The van der Waals surface area contributed by atoms with Crippen molar-refractivity contribution in [2.75, 3.05) is 6.61 Å². The Morgan fingerprint density at radius 2 is 1.97 bits per heavy atom. The standard InChI is InChI=1S/C24H30O6/c1-13-9-16-17-6-8-24(29,20(28)12-30-14(2)25)23(17,4)11-19(27)21(16)22(3)7-5-15(26)10-18(13)22/h5,7,10,13,16-17,21,29H,6,8-9,11-12H2,1-4H3. The first-order valence-electron chi connectivity index (χ1n) is 10.8. The second-order valence-corrected chi connectivity index (χ2v) is 10.2. The van der Waals surface area contributed by atoms with Crippen molar-refractivity contribution in [3.8, 4) is 0 Å². The highest BCUT2D eigenvalue weighted by Crippen LogP contribution is 2.66. The van der Waals surface area contributed by atoms with Crippen LogP contribution < -0.4 is 0 Å². The molecular weight excluding hydrogens is 384 g/mol. The van der Waals surface area contributed by atoms with E-state index in [9.17, 15) is 24.3 Å². The highest BCUT2D eigenvalue weighted by Gasteiger charge is 2.68. The van der Waals surface area contributed by atoms with Gasteiger partial charge in [-0.2, -0.15) is 0 Å². The van der Waals surface area contributed by atoms with Gasteiger partial charge >= 0.3 is 5.97 Å². The van der Waals surface area contributed by atoms with Crippen LogP contribution in [0.15, 0.2) is 23.8 Å². The van der Waals surface area contributed by atoms with Crippen molar-refractivity contribution in [1.29, 1.82) is 0 Å². The van der Waals surface area contributed by atoms with Gasteiger partial charge in [0.25, 0.3) is 0 Å². The van der Waals surface area contributed by atoms with E-state index in [0.717, 1.165) is 12.0 Å². The molecule has 0 bridgehead atoms. The van der Waals surface area contributed by atoms with Crippen molar-refractivity contribution >= 4 is 23.3 Å². The number of hydrogen-bond acceptors (Lipinski definition) is 6. The van der Waals surface area contributed by atoms with E-state index >= 15 is 0 Å². The Hall–Kier alpha value is -2.08. The minimum absolute atomic E-state index is 0.0123. The normalized spacial score (nSPS) is 44.6. The van der Waals surface area contributed by atoms with Crippen molar-refractivity contribution in [2.24, 2.45) is 34.5 Å². The number of ketones is 3. The second-order valence-electron chi connectivity index (χ2n) is 10.2. The van der Waals surface area contributed by atoms with E-state index in [1.54, 1.807) is 12.2 Å². The van der Waals surface area contributed by atoms with E-state index in [4.69, 9.17) is 4.74 Å². The lowest BCUT2D eigenvalue weighted by Gasteiger charge is -2.58. The average Bonchev–Trinajstić information content (AvgIpc) is 2.93. The summed E-state index contributed by atoms with van der Waals surface area (Å²) in [7, 11) is 0. The highest BCUT2D eigenvalue weighted by atomic mass is 16.5. The van der Waals surface area contributed by atoms with Crippen LogP contribution in [0.3, 0.4) is 0 Å². The number of allylic oxidation sites excluding steroid dienone is 4. The SMILES string of the molecule is CC(=O)OCC(=O)C1(O)CCC2C3CC(C)C4=CC(=O)C=CC4(C)C3C(=O)CC21C. The molecule has 30 heavy (non-hydrogen) atoms. The molecule has 0 heterocycles. The Labute approximate surface area is 176 Å². The van der Waals surface area contributed by atoms with Crippen LogP contribution in [0.2, 0.25) is 0 Å². The van der Waals surface area contributed by atoms with Gasteiger partial charge in [0.15, 0.2) is 12.4 Å². The molecule has 1 N–H and O–H groups in total. The summed E-state index contributed by atoms with van der Waals surface area (Å²) in [6, 6.07) is 0. The van der Waals surface area contributed by atoms with Crippen molar-refractivity contribution in [2.45, 2.75) is 59.0 Å². The van der Waals surface area contributed by atoms with Gasteiger partial charge in [-0.05, 0) is 49.2 Å². The maximum Gasteiger partial charge on any atom is 0.303 e. The fraction of sp³-hybridized carbons (Fsp3) is 0.667. The molecule has 0 saturated heterocycles. The summed E-state index contributed by atoms with van der Waals surface area (Å²) < 4.78 is 4.87. The van der Waals surface area contributed by atoms with Gasteiger partial charge in [-0.1, -0.05) is 32.4 Å². The molecule has 7 unspecified atom stereocenters. The molecular formula is C24H30O6. The first-order chi connectivity index (χ1) is 13.9. The molecule has 0 aromatic carbocycles. The Morgan fingerprint density at radius 3 is 2.63 bits per heavy atom. The van der Waals surface area contributed by atoms with Gasteiger partial charge in [0.05, 0.1) is 0 Å². The first-order valence-corrected chi connectivity index (χ1v) is 10.8. The van der Waals surface area contributed by atoms with Gasteiger partial charge in [0, 0.05) is 30.1 Å². The summed E-state index contributed by atoms with van der Waals surface area (Å²) in [6.07, 6.45) is 6.94. The molecule has 0 aliphatic heterocycles. The molecule has 4 aliphatic rings. The lowest BCUT2D eigenvalue weighted by molar-refractivity contribution is -0.172. The predicted octanol–water partition coefficient (Wildman–Crippen LogP) is 2.58. The third kappa shape index (κ3) is 2.72. The summed E-state index contributed by atoms with van der Waals surface area (Å²) in [5, 5.41) is 11.5. The van der Waals surface area contributed by atoms with E-state index in [1.807, 2.05) is 19.9 Å². The molecule has 0 aromatic heterocycles. The van der Waals surface area contributed by atoms with Gasteiger partial charge in [0.2, 0.25) is 5.78 Å². The number of rotatable bonds is 3. The third-order valence-electron chi connectivity index (χ3n) is 8.60. The van der Waals surface area contributed by atoms with E-state index in [-0.39, 0.29) is 48.1 Å². The van der Waals surface area contributed by atoms with Crippen LogP contribution in [0.25, 0.3) is 0 Å². The molecule has 4 aliphatic carbocycles. The van der Waals surface area contributed by atoms with Gasteiger partial charge in [0.1, 0.15) is 11.4 Å². The number of fused-ring (bicyclic) bond motifs is 5. The van der Waals surface area contributed by atoms with Gasteiger partial charge < -0.3 is 9.84 Å². The zero-order valence-electron chi connectivity index (χ0n) is 18.1. The molecule has 6 nitrogen and oxygen atoms in total. The smallest absolute Gasteiger partial charge is 0.303 e. The molecule has 3 saturated carbocycles. The summed E-state index contributed by atoms with van der Waals surface area (Å²) in [4.78, 5) is 49.6. The van der Waals surface area contributed by atoms with Crippen molar-refractivity contribution in [1.82, 2.24) is 0 Å². The maximum absolute atomic E-state index is 13.5. The Morgan fingerprint density at radius 1 is 1.27 bits per heavy atom. The van der Waals surface area contributed by atoms with Crippen LogP contribution in [0, 0.1) is 34.5 Å². The lowest BCUT2D eigenvalue weighted by Crippen LogP contribution is -2.61. The minimum Gasteiger partial charge on any atom is -0.458 e. The van der Waals surface area contributed by atoms with E-state index < -0.39 is 34.8 Å². The minimum atomic E-state index is -1.67. The molecule has 6 heteroatoms. The fourth-order valence-corrected chi connectivity index (χ4v) is 7.21. The molecule has 0 amide bonds. The summed E-state index contributed by atoms with van der Waals surface area (Å²) in [5.74, 6) is -1.16. The van der Waals surface area contributed by atoms with E-state index in [1.165, 1.54) is 6.92 Å². The summed E-state index contributed by atoms with van der Waals surface area (Å²) >= 11 is 0. The third-order valence-corrected chi connectivity index (χ3v) is 8.60. The van der Waals surface area contributed by atoms with Crippen molar-refractivity contribution in [3.63, 3.8) is 0 Å². The molecule has 0 radical (unpaired) electrons. The predicted molar refractivity (Wildman–Crippen MR) is 108 cm³/mol. The average molecular weight is 414 g/mol. The van der Waals surface area contributed by atoms with Gasteiger partial charge in [-0.15, -0.1) is 0 Å². The molecule has 4 rings (SSSR count). The molecule has 7 atom stereocenters. The van der Waals surface area contributed by atoms with Crippen molar-refractivity contribution in [3.05, 3.63) is 23.8 Å². The topological polar surface area (TPSA) is 97.7 Å². The Kier molecular flexibility index (Phi) is 4.73. The van der Waals surface area contributed by atoms with E-state index in [2.05, 4.69) is 6.92 Å². The zero-order valence-corrected chi connectivity index (χ0v) is 18.1. The van der Waals surface area contributed by atoms with Crippen LogP contribution in [0.5, 0.6) is 0 Å². The van der Waals surface area contributed by atoms with Crippen LogP contribution in [0.4, 0.5) is 0 Å². The number of esters is 1. The highest BCUT2D eigenvalue weighted by molar-refractivity contribution is 6.02. The second kappa shape index (κ2) is 6.71. The fourth-order valence-electron chi connectivity index (χ4n) is 7.21. The lowest BCUT2D eigenvalue weighted by atomic mass is 9.45. The number of Topliss-reactive ketones (excluding diaryl/α,β-unsaturated/α-hetero) is 2. The molecule has 162 valence electrons. The van der Waals surface area contributed by atoms with Crippen LogP contribution in [-0.2, 0) is 23.9 Å². The number of carbonyl (C=O) groups excluding carboxylic acids is 4. The van der Waals surface area contributed by atoms with Crippen LogP contribution in [-0.4, -0.2) is 40.6 Å². The summed E-state index contributed by atoms with van der Waals surface area (Å²) in [6.45, 7) is 6.74. The summed E-state index contributed by atoms with van der Waals surface area (Å²) in [5.41, 5.74) is -2.04. The quantitative estimate of drug-likeness (QED) is 0.713. The van der Waals surface area contributed by atoms with Gasteiger partial charge in [-0.3, -0.25) is 19.2 Å². The van der Waals surface area contributed by atoms with Crippen LogP contribution in [0.1, 0.15) is 53.4 Å². The number of carbonyl (C=O) groups is 4. The largest absolute Gasteiger partial charge is 0.458 e. The number of aliphatic hydroxyl groups is 1. The van der Waals surface area contributed by atoms with Crippen molar-refractivity contribution < 1.29 is 29.0 Å².